The number of thiophene rings is 1. The zero-order chi connectivity index (χ0) is 37.9. The van der Waals surface area contributed by atoms with Crippen LogP contribution in [0, 0.1) is 0 Å². The van der Waals surface area contributed by atoms with Gasteiger partial charge in [0.1, 0.15) is 17.3 Å². The molecule has 0 saturated carbocycles. The first kappa shape index (κ1) is 39.4. The highest BCUT2D eigenvalue weighted by Crippen LogP contribution is 2.41. The van der Waals surface area contributed by atoms with Crippen molar-refractivity contribution in [3.8, 4) is 16.9 Å². The summed E-state index contributed by atoms with van der Waals surface area (Å²) < 4.78 is 18.9. The van der Waals surface area contributed by atoms with E-state index >= 15 is 0 Å². The molecule has 2 saturated heterocycles. The number of benzene rings is 2. The molecule has 2 fully saturated rings. The second kappa shape index (κ2) is 19.3. The number of aryl methyl sites for hydroxylation is 1. The number of nitrogens with two attached hydrogens (primary N) is 1. The molecule has 0 bridgehead atoms. The standard InChI is InChI=1S/C34H38N6O3S.C7H16N2O/c1-38-28-9-5-4-7-24(28)19-29(38)34(41)37-27-11-10-23(20-30(27)43-3)26-22-44-32-25(21-36-33(35)31(26)32)8-6-12-39-13-15-40(16-14-39)17-18-42-2;1-10-7-6-9-4-2-8-3-5-9/h4-11,19-22H,12-18H2,1-3H3,(H2,35,36)(H,37,41);8H,2-7H2,1H3/b8-6+;. The number of ether oxygens (including phenoxy) is 3. The van der Waals surface area contributed by atoms with Gasteiger partial charge in [-0.3, -0.25) is 19.5 Å². The summed E-state index contributed by atoms with van der Waals surface area (Å²) in [6, 6.07) is 15.6. The highest BCUT2D eigenvalue weighted by Gasteiger charge is 2.19. The largest absolute Gasteiger partial charge is 0.495 e. The number of amides is 1. The number of carbonyl (C=O) groups excluding carboxylic acids is 1. The second-order valence-corrected chi connectivity index (χ2v) is 14.5. The Morgan fingerprint density at radius 1 is 0.944 bits per heavy atom. The van der Waals surface area contributed by atoms with E-state index in [0.717, 1.165) is 110 Å². The molecule has 54 heavy (non-hydrogen) atoms. The molecule has 5 heterocycles. The van der Waals surface area contributed by atoms with Crippen LogP contribution in [0.3, 0.4) is 0 Å². The van der Waals surface area contributed by atoms with Gasteiger partial charge in [0.25, 0.3) is 5.91 Å². The number of hydrogen-bond acceptors (Lipinski definition) is 11. The number of pyridine rings is 1. The van der Waals surface area contributed by atoms with Gasteiger partial charge >= 0.3 is 0 Å². The monoisotopic (exact) mass is 754 g/mol. The molecule has 0 spiro atoms. The predicted octanol–water partition coefficient (Wildman–Crippen LogP) is 5.11. The van der Waals surface area contributed by atoms with E-state index in [1.165, 1.54) is 13.1 Å². The lowest BCUT2D eigenvalue weighted by molar-refractivity contribution is 0.101. The molecule has 2 aromatic carbocycles. The van der Waals surface area contributed by atoms with Crippen LogP contribution in [0.4, 0.5) is 11.5 Å². The number of nitrogens with one attached hydrogen (secondary N) is 2. The van der Waals surface area contributed by atoms with Crippen molar-refractivity contribution in [1.29, 1.82) is 0 Å². The van der Waals surface area contributed by atoms with E-state index in [1.54, 1.807) is 32.7 Å². The SMILES string of the molecule is COCCN1CCN(C/C=C/c2cnc(N)c3c(-c4ccc(NC(=O)c5cc6ccccc6n5C)c(OC)c4)csc23)CC1.COCCN1CCNCC1. The molecule has 4 N–H and O–H groups in total. The molecule has 288 valence electrons. The van der Waals surface area contributed by atoms with Crippen LogP contribution >= 0.6 is 11.3 Å². The van der Waals surface area contributed by atoms with Crippen molar-refractivity contribution in [2.45, 2.75) is 0 Å². The van der Waals surface area contributed by atoms with Crippen LogP contribution in [0.1, 0.15) is 16.1 Å². The normalized spacial score (nSPS) is 15.9. The summed E-state index contributed by atoms with van der Waals surface area (Å²) in [5.41, 5.74) is 11.6. The molecule has 13 heteroatoms. The summed E-state index contributed by atoms with van der Waals surface area (Å²) in [6.45, 7) is 13.4. The summed E-state index contributed by atoms with van der Waals surface area (Å²) in [5, 5.41) is 10.4. The zero-order valence-electron chi connectivity index (χ0n) is 32.0. The quantitative estimate of drug-likeness (QED) is 0.150. The van der Waals surface area contributed by atoms with Crippen LogP contribution in [0.15, 0.2) is 66.2 Å². The lowest BCUT2D eigenvalue weighted by atomic mass is 10.0. The Balaban J connectivity index is 0.000000432. The maximum Gasteiger partial charge on any atom is 0.272 e. The molecule has 0 radical (unpaired) electrons. The van der Waals surface area contributed by atoms with Crippen LogP contribution < -0.4 is 21.1 Å². The maximum absolute atomic E-state index is 13.3. The molecule has 2 aliphatic heterocycles. The van der Waals surface area contributed by atoms with Gasteiger partial charge in [-0.25, -0.2) is 4.98 Å². The van der Waals surface area contributed by atoms with Crippen LogP contribution in [-0.4, -0.2) is 137 Å². The van der Waals surface area contributed by atoms with Gasteiger partial charge in [-0.15, -0.1) is 11.3 Å². The highest BCUT2D eigenvalue weighted by molar-refractivity contribution is 7.18. The number of carbonyl (C=O) groups is 1. The number of methoxy groups -OCH3 is 3. The molecule has 0 aliphatic carbocycles. The molecule has 3 aromatic heterocycles. The molecule has 5 aromatic rings. The first-order valence-corrected chi connectivity index (χ1v) is 19.5. The first-order chi connectivity index (χ1) is 26.4. The van der Waals surface area contributed by atoms with Gasteiger partial charge in [-0.05, 0) is 35.2 Å². The van der Waals surface area contributed by atoms with Crippen molar-refractivity contribution in [3.05, 3.63) is 77.4 Å². The first-order valence-electron chi connectivity index (χ1n) is 18.6. The fourth-order valence-corrected chi connectivity index (χ4v) is 8.05. The number of fused-ring (bicyclic) bond motifs is 2. The Hall–Kier alpha value is -4.34. The molecule has 12 nitrogen and oxygen atoms in total. The van der Waals surface area contributed by atoms with Gasteiger partial charge in [0.2, 0.25) is 0 Å². The average Bonchev–Trinajstić information content (AvgIpc) is 3.81. The van der Waals surface area contributed by atoms with Gasteiger partial charge in [0, 0.05) is 132 Å². The third-order valence-electron chi connectivity index (χ3n) is 10.2. The Labute approximate surface area is 322 Å². The number of anilines is 2. The van der Waals surface area contributed by atoms with Crippen molar-refractivity contribution in [2.75, 3.05) is 118 Å². The Bertz CT molecular complexity index is 2010. The van der Waals surface area contributed by atoms with Crippen LogP contribution in [0.25, 0.3) is 38.2 Å². The molecule has 2 aliphatic rings. The predicted molar refractivity (Wildman–Crippen MR) is 222 cm³/mol. The number of para-hydroxylation sites is 1. The van der Waals surface area contributed by atoms with Crippen molar-refractivity contribution in [2.24, 2.45) is 7.05 Å². The van der Waals surface area contributed by atoms with E-state index in [0.29, 0.717) is 22.9 Å². The second-order valence-electron chi connectivity index (χ2n) is 13.6. The molecular formula is C41H54N8O4S. The summed E-state index contributed by atoms with van der Waals surface area (Å²) in [4.78, 5) is 25.1. The number of nitrogen functional groups attached to an aromatic ring is 1. The van der Waals surface area contributed by atoms with Crippen molar-refractivity contribution in [1.82, 2.24) is 29.6 Å². The molecule has 0 unspecified atom stereocenters. The van der Waals surface area contributed by atoms with E-state index in [9.17, 15) is 4.79 Å². The molecule has 1 amide bonds. The number of aromatic nitrogens is 2. The lowest BCUT2D eigenvalue weighted by Gasteiger charge is -2.33. The van der Waals surface area contributed by atoms with Crippen LogP contribution in [-0.2, 0) is 16.5 Å². The van der Waals surface area contributed by atoms with Crippen molar-refractivity contribution >= 4 is 55.8 Å². The molecule has 0 atom stereocenters. The third-order valence-corrected chi connectivity index (χ3v) is 11.2. The number of rotatable bonds is 13. The minimum absolute atomic E-state index is 0.200. The average molecular weight is 755 g/mol. The van der Waals surface area contributed by atoms with E-state index in [-0.39, 0.29) is 5.91 Å². The van der Waals surface area contributed by atoms with Crippen molar-refractivity contribution < 1.29 is 19.0 Å². The van der Waals surface area contributed by atoms with Crippen molar-refractivity contribution in [3.63, 3.8) is 0 Å². The summed E-state index contributed by atoms with van der Waals surface area (Å²) >= 11 is 1.66. The molecular weight excluding hydrogens is 701 g/mol. The topological polar surface area (TPSA) is 122 Å². The van der Waals surface area contributed by atoms with Gasteiger partial charge < -0.3 is 35.1 Å². The minimum Gasteiger partial charge on any atom is -0.495 e. The van der Waals surface area contributed by atoms with Crippen LogP contribution in [0.5, 0.6) is 5.75 Å². The lowest BCUT2D eigenvalue weighted by Crippen LogP contribution is -2.47. The van der Waals surface area contributed by atoms with E-state index in [2.05, 4.69) is 47.8 Å². The van der Waals surface area contributed by atoms with Gasteiger partial charge in [0.15, 0.2) is 0 Å². The fourth-order valence-electron chi connectivity index (χ4n) is 6.97. The third kappa shape index (κ3) is 9.66. The number of piperazine rings is 2. The van der Waals surface area contributed by atoms with E-state index < -0.39 is 0 Å². The molecule has 7 rings (SSSR count). The Morgan fingerprint density at radius 2 is 1.65 bits per heavy atom. The number of nitrogens with zero attached hydrogens (tertiary/aromatic N) is 5. The zero-order valence-corrected chi connectivity index (χ0v) is 32.8. The number of hydrogen-bond donors (Lipinski definition) is 3. The minimum atomic E-state index is -0.200. The summed E-state index contributed by atoms with van der Waals surface area (Å²) in [7, 11) is 7.01. The Kier molecular flexibility index (Phi) is 14.1. The summed E-state index contributed by atoms with van der Waals surface area (Å²) in [5.74, 6) is 0.861. The fraction of sp³-hybridized carbons (Fsp3) is 0.415. The summed E-state index contributed by atoms with van der Waals surface area (Å²) in [6.07, 6.45) is 6.22. The van der Waals surface area contributed by atoms with Gasteiger partial charge in [0.05, 0.1) is 26.0 Å². The van der Waals surface area contributed by atoms with E-state index in [4.69, 9.17) is 19.9 Å². The van der Waals surface area contributed by atoms with Gasteiger partial charge in [-0.1, -0.05) is 36.4 Å². The Morgan fingerprint density at radius 3 is 2.35 bits per heavy atom. The van der Waals surface area contributed by atoms with E-state index in [1.807, 2.05) is 66.3 Å². The van der Waals surface area contributed by atoms with Crippen LogP contribution in [0.2, 0.25) is 0 Å². The smallest absolute Gasteiger partial charge is 0.272 e. The maximum atomic E-state index is 13.3. The highest BCUT2D eigenvalue weighted by atomic mass is 32.1. The van der Waals surface area contributed by atoms with Gasteiger partial charge in [-0.2, -0.15) is 0 Å².